The normalized spacial score (nSPS) is 18.5. The summed E-state index contributed by atoms with van der Waals surface area (Å²) in [5.74, 6) is 0.606. The maximum Gasteiger partial charge on any atom is 0.246 e. The van der Waals surface area contributed by atoms with Gasteiger partial charge in [-0.2, -0.15) is 0 Å². The molecule has 2 aliphatic heterocycles. The van der Waals surface area contributed by atoms with Gasteiger partial charge >= 0.3 is 0 Å². The number of carbonyl (C=O) groups is 2. The minimum absolute atomic E-state index is 0.0716. The summed E-state index contributed by atoms with van der Waals surface area (Å²) < 4.78 is 0. The van der Waals surface area contributed by atoms with Crippen molar-refractivity contribution in [1.29, 1.82) is 0 Å². The Bertz CT molecular complexity index is 1030. The summed E-state index contributed by atoms with van der Waals surface area (Å²) >= 11 is 12.2. The van der Waals surface area contributed by atoms with Crippen molar-refractivity contribution in [2.24, 2.45) is 0 Å². The zero-order chi connectivity index (χ0) is 23.9. The molecule has 2 fully saturated rings. The number of halogens is 2. The fourth-order valence-corrected chi connectivity index (χ4v) is 5.12. The van der Waals surface area contributed by atoms with E-state index in [1.165, 1.54) is 5.56 Å². The Labute approximate surface area is 211 Å². The molecule has 2 aromatic carbocycles. The second-order valence-electron chi connectivity index (χ2n) is 9.02. The highest BCUT2D eigenvalue weighted by atomic mass is 35.5. The molecule has 0 bridgehead atoms. The molecule has 0 spiro atoms. The number of nitrogens with zero attached hydrogens (tertiary/aromatic N) is 3. The van der Waals surface area contributed by atoms with Crippen LogP contribution in [0.3, 0.4) is 0 Å². The van der Waals surface area contributed by atoms with Gasteiger partial charge in [-0.25, -0.2) is 0 Å². The Morgan fingerprint density at radius 3 is 2.38 bits per heavy atom. The Kier molecular flexibility index (Phi) is 8.65. The molecule has 0 atom stereocenters. The molecule has 180 valence electrons. The first-order valence-electron chi connectivity index (χ1n) is 12.0. The van der Waals surface area contributed by atoms with Crippen LogP contribution >= 0.6 is 23.2 Å². The molecule has 34 heavy (non-hydrogen) atoms. The molecule has 2 amide bonds. The fourth-order valence-electron chi connectivity index (χ4n) is 4.72. The van der Waals surface area contributed by atoms with Crippen molar-refractivity contribution in [3.8, 4) is 0 Å². The number of likely N-dealkylation sites (tertiary alicyclic amines) is 1. The van der Waals surface area contributed by atoms with Crippen molar-refractivity contribution in [2.45, 2.75) is 25.2 Å². The summed E-state index contributed by atoms with van der Waals surface area (Å²) in [5.41, 5.74) is 2.21. The minimum atomic E-state index is -0.0716. The lowest BCUT2D eigenvalue weighted by molar-refractivity contribution is -0.130. The van der Waals surface area contributed by atoms with Crippen LogP contribution in [0.4, 0.5) is 0 Å². The first-order chi connectivity index (χ1) is 16.5. The third kappa shape index (κ3) is 6.84. The molecule has 4 rings (SSSR count). The van der Waals surface area contributed by atoms with Crippen LogP contribution in [0.5, 0.6) is 0 Å². The Hall–Kier alpha value is -2.34. The van der Waals surface area contributed by atoms with Gasteiger partial charge < -0.3 is 14.7 Å². The van der Waals surface area contributed by atoms with Crippen LogP contribution in [0, 0.1) is 0 Å². The molecular formula is C27H31Cl2N3O2. The van der Waals surface area contributed by atoms with E-state index in [-0.39, 0.29) is 11.8 Å². The zero-order valence-corrected chi connectivity index (χ0v) is 20.8. The molecule has 0 unspecified atom stereocenters. The number of amides is 2. The van der Waals surface area contributed by atoms with Crippen LogP contribution in [0.1, 0.15) is 36.3 Å². The maximum absolute atomic E-state index is 12.7. The van der Waals surface area contributed by atoms with Gasteiger partial charge in [-0.3, -0.25) is 9.59 Å². The maximum atomic E-state index is 12.7. The van der Waals surface area contributed by atoms with Crippen molar-refractivity contribution in [3.63, 3.8) is 0 Å². The standard InChI is InChI=1S/C27H31Cl2N3O2/c28-24-5-1-3-21(19-24)7-8-26(33)31-14-11-27(34)32(18-17-31)16-15-30-12-9-22(10-13-30)23-4-2-6-25(29)20-23/h1-8,19-20,22H,9-18H2. The molecule has 0 saturated carbocycles. The monoisotopic (exact) mass is 499 g/mol. The molecule has 2 aromatic rings. The summed E-state index contributed by atoms with van der Waals surface area (Å²) in [4.78, 5) is 31.4. The highest BCUT2D eigenvalue weighted by Gasteiger charge is 2.25. The van der Waals surface area contributed by atoms with Gasteiger partial charge in [0.15, 0.2) is 0 Å². The van der Waals surface area contributed by atoms with Crippen LogP contribution < -0.4 is 0 Å². The second-order valence-corrected chi connectivity index (χ2v) is 9.89. The van der Waals surface area contributed by atoms with E-state index in [2.05, 4.69) is 17.0 Å². The van der Waals surface area contributed by atoms with Crippen molar-refractivity contribution in [1.82, 2.24) is 14.7 Å². The van der Waals surface area contributed by atoms with Gasteiger partial charge in [0.05, 0.1) is 0 Å². The molecular weight excluding hydrogens is 469 g/mol. The van der Waals surface area contributed by atoms with Gasteiger partial charge in [0.2, 0.25) is 11.8 Å². The summed E-state index contributed by atoms with van der Waals surface area (Å²) in [5, 5.41) is 1.44. The highest BCUT2D eigenvalue weighted by molar-refractivity contribution is 6.31. The van der Waals surface area contributed by atoms with Gasteiger partial charge in [-0.1, -0.05) is 47.5 Å². The van der Waals surface area contributed by atoms with E-state index in [9.17, 15) is 9.59 Å². The van der Waals surface area contributed by atoms with Crippen LogP contribution in [0.2, 0.25) is 10.0 Å². The lowest BCUT2D eigenvalue weighted by Crippen LogP contribution is -2.42. The average Bonchev–Trinajstić information content (AvgIpc) is 3.03. The smallest absolute Gasteiger partial charge is 0.246 e. The molecule has 7 heteroatoms. The minimum Gasteiger partial charge on any atom is -0.340 e. The van der Waals surface area contributed by atoms with Gasteiger partial charge in [0.25, 0.3) is 0 Å². The first kappa shape index (κ1) is 24.8. The van der Waals surface area contributed by atoms with Gasteiger partial charge in [-0.05, 0) is 73.3 Å². The molecule has 0 radical (unpaired) electrons. The van der Waals surface area contributed by atoms with Crippen LogP contribution in [-0.2, 0) is 9.59 Å². The average molecular weight is 500 g/mol. The van der Waals surface area contributed by atoms with E-state index in [1.54, 1.807) is 23.1 Å². The van der Waals surface area contributed by atoms with Crippen LogP contribution in [-0.4, -0.2) is 72.3 Å². The number of piperidine rings is 1. The van der Waals surface area contributed by atoms with E-state index < -0.39 is 0 Å². The fraction of sp³-hybridized carbons (Fsp3) is 0.407. The Morgan fingerprint density at radius 2 is 1.65 bits per heavy atom. The number of benzene rings is 2. The third-order valence-corrected chi connectivity index (χ3v) is 7.23. The van der Waals surface area contributed by atoms with E-state index in [0.29, 0.717) is 43.5 Å². The van der Waals surface area contributed by atoms with E-state index in [1.807, 2.05) is 35.2 Å². The number of carbonyl (C=O) groups excluding carboxylic acids is 2. The van der Waals surface area contributed by atoms with Gasteiger partial charge in [0.1, 0.15) is 0 Å². The predicted octanol–water partition coefficient (Wildman–Crippen LogP) is 4.95. The van der Waals surface area contributed by atoms with E-state index in [0.717, 1.165) is 43.1 Å². The van der Waals surface area contributed by atoms with E-state index in [4.69, 9.17) is 23.2 Å². The third-order valence-electron chi connectivity index (χ3n) is 6.76. The van der Waals surface area contributed by atoms with Crippen molar-refractivity contribution in [2.75, 3.05) is 45.8 Å². The SMILES string of the molecule is O=C(C=Cc1cccc(Cl)c1)N1CCC(=O)N(CCN2CCC(c3cccc(Cl)c3)CC2)CC1. The van der Waals surface area contributed by atoms with Crippen LogP contribution in [0.15, 0.2) is 54.6 Å². The molecule has 0 aromatic heterocycles. The number of hydrogen-bond donors (Lipinski definition) is 0. The lowest BCUT2D eigenvalue weighted by atomic mass is 9.89. The number of hydrogen-bond acceptors (Lipinski definition) is 3. The Morgan fingerprint density at radius 1 is 0.912 bits per heavy atom. The molecule has 0 N–H and O–H groups in total. The summed E-state index contributed by atoms with van der Waals surface area (Å²) in [6, 6.07) is 15.6. The molecule has 5 nitrogen and oxygen atoms in total. The number of rotatable bonds is 6. The van der Waals surface area contributed by atoms with Crippen LogP contribution in [0.25, 0.3) is 6.08 Å². The highest BCUT2D eigenvalue weighted by Crippen LogP contribution is 2.29. The van der Waals surface area contributed by atoms with Crippen molar-refractivity contribution < 1.29 is 9.59 Å². The quantitative estimate of drug-likeness (QED) is 0.528. The van der Waals surface area contributed by atoms with E-state index >= 15 is 0 Å². The van der Waals surface area contributed by atoms with Gasteiger partial charge in [0, 0.05) is 55.3 Å². The molecule has 2 heterocycles. The summed E-state index contributed by atoms with van der Waals surface area (Å²) in [6.07, 6.45) is 5.92. The molecule has 2 saturated heterocycles. The molecule has 2 aliphatic rings. The van der Waals surface area contributed by atoms with Crippen molar-refractivity contribution >= 4 is 41.1 Å². The van der Waals surface area contributed by atoms with Crippen molar-refractivity contribution in [3.05, 3.63) is 75.8 Å². The topological polar surface area (TPSA) is 43.9 Å². The summed E-state index contributed by atoms with van der Waals surface area (Å²) in [7, 11) is 0. The largest absolute Gasteiger partial charge is 0.340 e. The van der Waals surface area contributed by atoms with Gasteiger partial charge in [-0.15, -0.1) is 0 Å². The summed E-state index contributed by atoms with van der Waals surface area (Å²) in [6.45, 7) is 5.23. The zero-order valence-electron chi connectivity index (χ0n) is 19.3. The Balaban J connectivity index is 1.23. The molecule has 0 aliphatic carbocycles. The second kappa shape index (κ2) is 11.9. The first-order valence-corrected chi connectivity index (χ1v) is 12.7. The lowest BCUT2D eigenvalue weighted by Gasteiger charge is -2.33. The predicted molar refractivity (Wildman–Crippen MR) is 138 cm³/mol.